The van der Waals surface area contributed by atoms with Crippen LogP contribution in [0.25, 0.3) is 17.1 Å². The zero-order valence-electron chi connectivity index (χ0n) is 15.4. The zero-order chi connectivity index (χ0) is 19.6. The van der Waals surface area contributed by atoms with Crippen LogP contribution >= 0.6 is 12.2 Å². The van der Waals surface area contributed by atoms with E-state index in [9.17, 15) is 4.79 Å². The van der Waals surface area contributed by atoms with Crippen molar-refractivity contribution in [1.29, 1.82) is 0 Å². The van der Waals surface area contributed by atoms with Crippen molar-refractivity contribution in [3.8, 4) is 34.3 Å². The van der Waals surface area contributed by atoms with Crippen molar-refractivity contribution in [1.82, 2.24) is 14.8 Å². The van der Waals surface area contributed by atoms with Crippen molar-refractivity contribution in [2.24, 2.45) is 0 Å². The molecule has 7 nitrogen and oxygen atoms in total. The van der Waals surface area contributed by atoms with Crippen molar-refractivity contribution in [3.63, 3.8) is 0 Å². The lowest BCUT2D eigenvalue weighted by Crippen LogP contribution is -2.01. The minimum atomic E-state index is 0.00203. The Morgan fingerprint density at radius 3 is 2.11 bits per heavy atom. The van der Waals surface area contributed by atoms with Gasteiger partial charge in [0.15, 0.2) is 27.9 Å². The molecule has 27 heavy (non-hydrogen) atoms. The molecule has 140 valence electrons. The van der Waals surface area contributed by atoms with E-state index in [0.29, 0.717) is 33.4 Å². The number of aromatic nitrogens is 3. The minimum absolute atomic E-state index is 0.00203. The van der Waals surface area contributed by atoms with E-state index < -0.39 is 0 Å². The Hall–Kier alpha value is -3.13. The summed E-state index contributed by atoms with van der Waals surface area (Å²) in [5.74, 6) is 2.10. The number of carbonyl (C=O) groups excluding carboxylic acids is 1. The molecule has 0 atom stereocenters. The maximum Gasteiger partial charge on any atom is 0.203 e. The van der Waals surface area contributed by atoms with Gasteiger partial charge in [-0.25, -0.2) is 0 Å². The lowest BCUT2D eigenvalue weighted by Gasteiger charge is -2.14. The van der Waals surface area contributed by atoms with Gasteiger partial charge in [0.25, 0.3) is 0 Å². The molecule has 1 N–H and O–H groups in total. The molecule has 3 aromatic rings. The first kappa shape index (κ1) is 18.7. The van der Waals surface area contributed by atoms with Crippen molar-refractivity contribution in [2.45, 2.75) is 6.92 Å². The zero-order valence-corrected chi connectivity index (χ0v) is 16.2. The second-order valence-electron chi connectivity index (χ2n) is 5.70. The Balaban J connectivity index is 2.17. The second kappa shape index (κ2) is 7.63. The Bertz CT molecular complexity index is 1010. The molecule has 0 fully saturated rings. The smallest absolute Gasteiger partial charge is 0.203 e. The van der Waals surface area contributed by atoms with Crippen LogP contribution in [0.15, 0.2) is 36.4 Å². The van der Waals surface area contributed by atoms with Gasteiger partial charge in [-0.05, 0) is 55.5 Å². The molecule has 0 unspecified atom stereocenters. The Labute approximate surface area is 161 Å². The van der Waals surface area contributed by atoms with E-state index in [-0.39, 0.29) is 5.78 Å². The van der Waals surface area contributed by atoms with Crippen molar-refractivity contribution < 1.29 is 19.0 Å². The van der Waals surface area contributed by atoms with Gasteiger partial charge in [-0.2, -0.15) is 5.10 Å². The van der Waals surface area contributed by atoms with Crippen LogP contribution in [-0.4, -0.2) is 41.9 Å². The fourth-order valence-electron chi connectivity index (χ4n) is 2.79. The number of benzene rings is 2. The summed E-state index contributed by atoms with van der Waals surface area (Å²) in [5, 5.41) is 7.16. The lowest BCUT2D eigenvalue weighted by molar-refractivity contribution is 0.101. The molecular weight excluding hydrogens is 366 g/mol. The van der Waals surface area contributed by atoms with Crippen molar-refractivity contribution in [2.75, 3.05) is 21.3 Å². The summed E-state index contributed by atoms with van der Waals surface area (Å²) in [4.78, 5) is 11.5. The SMILES string of the molecule is COc1cc(-c2n[nH]c(=S)n2-c2ccc(C(C)=O)cc2)cc(OC)c1OC. The lowest BCUT2D eigenvalue weighted by atomic mass is 10.1. The summed E-state index contributed by atoms with van der Waals surface area (Å²) in [6.07, 6.45) is 0. The van der Waals surface area contributed by atoms with Crippen LogP contribution < -0.4 is 14.2 Å². The average molecular weight is 385 g/mol. The molecule has 1 aromatic heterocycles. The summed E-state index contributed by atoms with van der Waals surface area (Å²) in [7, 11) is 4.66. The van der Waals surface area contributed by atoms with Crippen LogP contribution in [0.3, 0.4) is 0 Å². The number of ether oxygens (including phenoxy) is 3. The molecule has 3 rings (SSSR count). The predicted octanol–water partition coefficient (Wildman–Crippen LogP) is 3.83. The van der Waals surface area contributed by atoms with Crippen LogP contribution in [0, 0.1) is 4.77 Å². The normalized spacial score (nSPS) is 10.5. The first-order valence-electron chi connectivity index (χ1n) is 8.09. The maximum atomic E-state index is 11.5. The van der Waals surface area contributed by atoms with Crippen LogP contribution in [0.4, 0.5) is 0 Å². The topological polar surface area (TPSA) is 78.4 Å². The quantitative estimate of drug-likeness (QED) is 0.513. The highest BCUT2D eigenvalue weighted by Gasteiger charge is 2.18. The van der Waals surface area contributed by atoms with Crippen molar-refractivity contribution in [3.05, 3.63) is 46.7 Å². The van der Waals surface area contributed by atoms with Gasteiger partial charge in [-0.1, -0.05) is 0 Å². The largest absolute Gasteiger partial charge is 0.493 e. The van der Waals surface area contributed by atoms with Crippen molar-refractivity contribution >= 4 is 18.0 Å². The number of H-pyrrole nitrogens is 1. The van der Waals surface area contributed by atoms with Crippen LogP contribution in [0.2, 0.25) is 0 Å². The second-order valence-corrected chi connectivity index (χ2v) is 6.09. The number of hydrogen-bond donors (Lipinski definition) is 1. The Kier molecular flexibility index (Phi) is 5.27. The van der Waals surface area contributed by atoms with E-state index in [1.807, 2.05) is 12.1 Å². The third-order valence-electron chi connectivity index (χ3n) is 4.13. The van der Waals surface area contributed by atoms with Crippen LogP contribution in [-0.2, 0) is 0 Å². The third kappa shape index (κ3) is 3.43. The molecular formula is C19H19N3O4S. The standard InChI is InChI=1S/C19H19N3O4S/c1-11(23)12-5-7-14(8-6-12)22-18(20-21-19(22)27)13-9-15(24-2)17(26-4)16(10-13)25-3/h5-10H,1-4H3,(H,21,27). The maximum absolute atomic E-state index is 11.5. The minimum Gasteiger partial charge on any atom is -0.493 e. The first-order chi connectivity index (χ1) is 13.0. The van der Waals surface area contributed by atoms with Gasteiger partial charge >= 0.3 is 0 Å². The molecule has 0 radical (unpaired) electrons. The fraction of sp³-hybridized carbons (Fsp3) is 0.211. The number of methoxy groups -OCH3 is 3. The van der Waals surface area contributed by atoms with Crippen LogP contribution in [0.1, 0.15) is 17.3 Å². The monoisotopic (exact) mass is 385 g/mol. The highest BCUT2D eigenvalue weighted by Crippen LogP contribution is 2.41. The van der Waals surface area contributed by atoms with E-state index in [0.717, 1.165) is 11.3 Å². The molecule has 2 aromatic carbocycles. The van der Waals surface area contributed by atoms with Gasteiger partial charge < -0.3 is 14.2 Å². The van der Waals surface area contributed by atoms with E-state index in [1.165, 1.54) is 6.92 Å². The van der Waals surface area contributed by atoms with Gasteiger partial charge in [0.1, 0.15) is 0 Å². The number of Topliss-reactive ketones (excluding diaryl/α,β-unsaturated/α-hetero) is 1. The molecule has 0 bridgehead atoms. The van der Waals surface area contributed by atoms with Gasteiger partial charge in [-0.3, -0.25) is 14.5 Å². The molecule has 0 aliphatic carbocycles. The molecule has 8 heteroatoms. The molecule has 1 heterocycles. The third-order valence-corrected chi connectivity index (χ3v) is 4.40. The van der Waals surface area contributed by atoms with E-state index in [4.69, 9.17) is 26.4 Å². The van der Waals surface area contributed by atoms with E-state index in [2.05, 4.69) is 10.2 Å². The van der Waals surface area contributed by atoms with Gasteiger partial charge in [-0.15, -0.1) is 0 Å². The summed E-state index contributed by atoms with van der Waals surface area (Å²) >= 11 is 5.40. The van der Waals surface area contributed by atoms with Gasteiger partial charge in [0, 0.05) is 11.1 Å². The van der Waals surface area contributed by atoms with Crippen LogP contribution in [0.5, 0.6) is 17.2 Å². The fourth-order valence-corrected chi connectivity index (χ4v) is 3.02. The molecule has 0 aliphatic heterocycles. The number of nitrogens with one attached hydrogen (secondary N) is 1. The first-order valence-corrected chi connectivity index (χ1v) is 8.50. The number of hydrogen-bond acceptors (Lipinski definition) is 6. The Morgan fingerprint density at radius 1 is 1.04 bits per heavy atom. The van der Waals surface area contributed by atoms with Gasteiger partial charge in [0.05, 0.1) is 27.0 Å². The number of aromatic amines is 1. The average Bonchev–Trinajstić information content (AvgIpc) is 3.08. The summed E-state index contributed by atoms with van der Waals surface area (Å²) in [6.45, 7) is 1.53. The summed E-state index contributed by atoms with van der Waals surface area (Å²) < 4.78 is 18.4. The predicted molar refractivity (Wildman–Crippen MR) is 104 cm³/mol. The number of rotatable bonds is 6. The highest BCUT2D eigenvalue weighted by molar-refractivity contribution is 7.71. The molecule has 0 saturated carbocycles. The van der Waals surface area contributed by atoms with Gasteiger partial charge in [0.2, 0.25) is 5.75 Å². The van der Waals surface area contributed by atoms with E-state index >= 15 is 0 Å². The summed E-state index contributed by atoms with van der Waals surface area (Å²) in [6, 6.07) is 10.8. The number of nitrogens with zero attached hydrogens (tertiary/aromatic N) is 2. The molecule has 0 aliphatic rings. The Morgan fingerprint density at radius 2 is 1.63 bits per heavy atom. The number of ketones is 1. The highest BCUT2D eigenvalue weighted by atomic mass is 32.1. The molecule has 0 saturated heterocycles. The van der Waals surface area contributed by atoms with E-state index in [1.54, 1.807) is 50.2 Å². The molecule has 0 amide bonds. The number of carbonyl (C=O) groups is 1. The summed E-state index contributed by atoms with van der Waals surface area (Å²) in [5.41, 5.74) is 2.14. The molecule has 0 spiro atoms.